The van der Waals surface area contributed by atoms with Gasteiger partial charge in [-0.3, -0.25) is 10.1 Å². The van der Waals surface area contributed by atoms with Crippen molar-refractivity contribution in [3.63, 3.8) is 0 Å². The van der Waals surface area contributed by atoms with Crippen molar-refractivity contribution < 1.29 is 13.3 Å². The standard InChI is InChI=1S/C14H14ClN3O4S2/c1-23-8-9-6-10(2-4-12(9)15)17-13-5-3-11(24(16,21)22)7-14(13)18(19)20/h2-7,17H,8H2,1H3,(H2,16,21,22). The number of anilines is 2. The molecular formula is C14H14ClN3O4S2. The molecule has 0 saturated heterocycles. The lowest BCUT2D eigenvalue weighted by Gasteiger charge is -2.10. The molecule has 128 valence electrons. The van der Waals surface area contributed by atoms with Gasteiger partial charge in [-0.05, 0) is 42.2 Å². The molecule has 10 heteroatoms. The first-order chi connectivity index (χ1) is 11.2. The fourth-order valence-electron chi connectivity index (χ4n) is 2.02. The summed E-state index contributed by atoms with van der Waals surface area (Å²) < 4.78 is 22.7. The van der Waals surface area contributed by atoms with Crippen molar-refractivity contribution >= 4 is 50.4 Å². The number of nitrogens with one attached hydrogen (secondary N) is 1. The Kier molecular flexibility index (Phi) is 5.70. The summed E-state index contributed by atoms with van der Waals surface area (Å²) in [6.07, 6.45) is 1.94. The van der Waals surface area contributed by atoms with E-state index < -0.39 is 14.9 Å². The summed E-state index contributed by atoms with van der Waals surface area (Å²) in [4.78, 5) is 10.2. The van der Waals surface area contributed by atoms with Gasteiger partial charge in [-0.2, -0.15) is 11.8 Å². The number of rotatable bonds is 6. The molecule has 0 aromatic heterocycles. The van der Waals surface area contributed by atoms with Gasteiger partial charge in [0.25, 0.3) is 5.69 Å². The first-order valence-corrected chi connectivity index (χ1v) is 9.90. The summed E-state index contributed by atoms with van der Waals surface area (Å²) in [5, 5.41) is 19.7. The molecule has 0 fully saturated rings. The van der Waals surface area contributed by atoms with Crippen molar-refractivity contribution in [2.24, 2.45) is 5.14 Å². The topological polar surface area (TPSA) is 115 Å². The Morgan fingerprint density at radius 2 is 2.00 bits per heavy atom. The first-order valence-electron chi connectivity index (χ1n) is 6.58. The Bertz CT molecular complexity index is 888. The highest BCUT2D eigenvalue weighted by molar-refractivity contribution is 7.97. The maximum Gasteiger partial charge on any atom is 0.294 e. The van der Waals surface area contributed by atoms with Crippen molar-refractivity contribution in [1.82, 2.24) is 0 Å². The number of primary sulfonamides is 1. The molecule has 0 amide bonds. The second kappa shape index (κ2) is 7.39. The molecule has 0 aliphatic heterocycles. The number of halogens is 1. The number of nitro benzene ring substituents is 1. The van der Waals surface area contributed by atoms with E-state index in [0.29, 0.717) is 16.5 Å². The van der Waals surface area contributed by atoms with Crippen molar-refractivity contribution in [3.05, 3.63) is 57.1 Å². The first kappa shape index (κ1) is 18.5. The molecule has 0 heterocycles. The molecule has 0 bridgehead atoms. The minimum Gasteiger partial charge on any atom is -0.350 e. The van der Waals surface area contributed by atoms with E-state index in [4.69, 9.17) is 16.7 Å². The smallest absolute Gasteiger partial charge is 0.294 e. The zero-order valence-corrected chi connectivity index (χ0v) is 14.9. The van der Waals surface area contributed by atoms with Crippen molar-refractivity contribution in [3.8, 4) is 0 Å². The van der Waals surface area contributed by atoms with E-state index in [2.05, 4.69) is 5.32 Å². The molecule has 7 nitrogen and oxygen atoms in total. The number of hydrogen-bond donors (Lipinski definition) is 2. The fraction of sp³-hybridized carbons (Fsp3) is 0.143. The van der Waals surface area contributed by atoms with E-state index in [9.17, 15) is 18.5 Å². The Morgan fingerprint density at radius 3 is 2.58 bits per heavy atom. The molecule has 0 spiro atoms. The molecule has 2 aromatic carbocycles. The van der Waals surface area contributed by atoms with Crippen LogP contribution in [0.25, 0.3) is 0 Å². The minimum atomic E-state index is -4.02. The van der Waals surface area contributed by atoms with Gasteiger partial charge in [-0.15, -0.1) is 0 Å². The highest BCUT2D eigenvalue weighted by Crippen LogP contribution is 2.31. The largest absolute Gasteiger partial charge is 0.350 e. The normalized spacial score (nSPS) is 11.3. The van der Waals surface area contributed by atoms with E-state index in [1.807, 2.05) is 6.26 Å². The van der Waals surface area contributed by atoms with Crippen LogP contribution in [-0.2, 0) is 15.8 Å². The molecule has 0 atom stereocenters. The van der Waals surface area contributed by atoms with Crippen molar-refractivity contribution in [2.45, 2.75) is 10.6 Å². The summed E-state index contributed by atoms with van der Waals surface area (Å²) >= 11 is 7.70. The van der Waals surface area contributed by atoms with Crippen LogP contribution >= 0.6 is 23.4 Å². The Hall–Kier alpha value is -1.81. The third kappa shape index (κ3) is 4.38. The van der Waals surface area contributed by atoms with Crippen LogP contribution in [0, 0.1) is 10.1 Å². The lowest BCUT2D eigenvalue weighted by atomic mass is 10.2. The van der Waals surface area contributed by atoms with Crippen molar-refractivity contribution in [2.75, 3.05) is 11.6 Å². The molecule has 0 saturated carbocycles. The Morgan fingerprint density at radius 1 is 1.29 bits per heavy atom. The number of benzene rings is 2. The van der Waals surface area contributed by atoms with Crippen LogP contribution in [0.5, 0.6) is 0 Å². The summed E-state index contributed by atoms with van der Waals surface area (Å²) in [5.41, 5.74) is 1.26. The van der Waals surface area contributed by atoms with Gasteiger partial charge in [-0.1, -0.05) is 11.6 Å². The van der Waals surface area contributed by atoms with Gasteiger partial charge in [0.05, 0.1) is 9.82 Å². The monoisotopic (exact) mass is 387 g/mol. The predicted molar refractivity (Wildman–Crippen MR) is 96.4 cm³/mol. The summed E-state index contributed by atoms with van der Waals surface area (Å²) in [6, 6.07) is 8.61. The van der Waals surface area contributed by atoms with Gasteiger partial charge >= 0.3 is 0 Å². The van der Waals surface area contributed by atoms with E-state index in [1.165, 1.54) is 12.1 Å². The predicted octanol–water partition coefficient (Wildman–Crippen LogP) is 3.50. The molecule has 2 rings (SSSR count). The summed E-state index contributed by atoms with van der Waals surface area (Å²) in [7, 11) is -4.02. The number of hydrogen-bond acceptors (Lipinski definition) is 6. The average molecular weight is 388 g/mol. The summed E-state index contributed by atoms with van der Waals surface area (Å²) in [6.45, 7) is 0. The Balaban J connectivity index is 2.43. The van der Waals surface area contributed by atoms with Gasteiger partial charge in [-0.25, -0.2) is 13.6 Å². The molecule has 3 N–H and O–H groups in total. The number of nitro groups is 1. The zero-order chi connectivity index (χ0) is 17.9. The molecule has 0 aliphatic rings. The fourth-order valence-corrected chi connectivity index (χ4v) is 3.37. The SMILES string of the molecule is CSCc1cc(Nc2ccc(S(N)(=O)=O)cc2[N+](=O)[O-])ccc1Cl. The van der Waals surface area contributed by atoms with Gasteiger partial charge in [0.2, 0.25) is 10.0 Å². The Labute approximate surface area is 148 Å². The number of thioether (sulfide) groups is 1. The van der Waals surface area contributed by atoms with Gasteiger partial charge < -0.3 is 5.32 Å². The third-order valence-corrected chi connectivity index (χ3v) is 5.00. The van der Waals surface area contributed by atoms with Crippen LogP contribution in [0.4, 0.5) is 17.1 Å². The highest BCUT2D eigenvalue weighted by atomic mass is 35.5. The van der Waals surface area contributed by atoms with Crippen LogP contribution < -0.4 is 10.5 Å². The van der Waals surface area contributed by atoms with Crippen LogP contribution in [0.3, 0.4) is 0 Å². The number of sulfonamides is 1. The second-order valence-electron chi connectivity index (χ2n) is 4.85. The molecular weight excluding hydrogens is 374 g/mol. The minimum absolute atomic E-state index is 0.157. The molecule has 2 aromatic rings. The molecule has 24 heavy (non-hydrogen) atoms. The molecule has 0 aliphatic carbocycles. The molecule has 0 radical (unpaired) electrons. The van der Waals surface area contributed by atoms with Crippen LogP contribution in [-0.4, -0.2) is 19.6 Å². The summed E-state index contributed by atoms with van der Waals surface area (Å²) in [5.74, 6) is 0.695. The van der Waals surface area contributed by atoms with E-state index in [0.717, 1.165) is 11.6 Å². The van der Waals surface area contributed by atoms with Gasteiger partial charge in [0, 0.05) is 22.5 Å². The second-order valence-corrected chi connectivity index (χ2v) is 7.68. The third-order valence-electron chi connectivity index (χ3n) is 3.12. The van der Waals surface area contributed by atoms with Gasteiger partial charge in [0.15, 0.2) is 0 Å². The lowest BCUT2D eigenvalue weighted by Crippen LogP contribution is -2.12. The van der Waals surface area contributed by atoms with E-state index >= 15 is 0 Å². The quantitative estimate of drug-likeness (QED) is 0.578. The highest BCUT2D eigenvalue weighted by Gasteiger charge is 2.19. The maximum absolute atomic E-state index is 11.3. The van der Waals surface area contributed by atoms with Crippen LogP contribution in [0.15, 0.2) is 41.3 Å². The molecule has 0 unspecified atom stereocenters. The average Bonchev–Trinajstić information content (AvgIpc) is 2.50. The van der Waals surface area contributed by atoms with Crippen LogP contribution in [0.1, 0.15) is 5.56 Å². The number of nitrogens with two attached hydrogens (primary N) is 1. The number of nitrogens with zero attached hydrogens (tertiary/aromatic N) is 1. The van der Waals surface area contributed by atoms with Crippen LogP contribution in [0.2, 0.25) is 5.02 Å². The zero-order valence-electron chi connectivity index (χ0n) is 12.5. The lowest BCUT2D eigenvalue weighted by molar-refractivity contribution is -0.384. The van der Waals surface area contributed by atoms with Crippen molar-refractivity contribution in [1.29, 1.82) is 0 Å². The maximum atomic E-state index is 11.3. The van der Waals surface area contributed by atoms with Gasteiger partial charge in [0.1, 0.15) is 5.69 Å². The van der Waals surface area contributed by atoms with E-state index in [1.54, 1.807) is 30.0 Å². The van der Waals surface area contributed by atoms with E-state index in [-0.39, 0.29) is 16.3 Å².